The Morgan fingerprint density at radius 1 is 1.35 bits per heavy atom. The van der Waals surface area contributed by atoms with Crippen molar-refractivity contribution in [2.45, 2.75) is 6.42 Å². The average molecular weight is 272 g/mol. The first-order chi connectivity index (χ1) is 7.92. The second-order valence-electron chi connectivity index (χ2n) is 3.77. The second kappa shape index (κ2) is 6.09. The Balaban J connectivity index is 2.59. The minimum Gasteiger partial charge on any atom is -0.392 e. The summed E-state index contributed by atoms with van der Waals surface area (Å²) in [5.74, 6) is 0.0656. The molecule has 1 rings (SSSR count). The van der Waals surface area contributed by atoms with Gasteiger partial charge in [0.15, 0.2) is 0 Å². The van der Waals surface area contributed by atoms with Crippen molar-refractivity contribution in [1.29, 1.82) is 0 Å². The van der Waals surface area contributed by atoms with E-state index in [1.807, 2.05) is 30.3 Å². The molecule has 94 valence electrons. The Hall–Kier alpha value is -0.980. The van der Waals surface area contributed by atoms with Crippen LogP contribution in [-0.2, 0) is 16.4 Å². The second-order valence-corrected chi connectivity index (χ2v) is 6.49. The number of hydrogen-bond donors (Lipinski definition) is 1. The molecule has 2 N–H and O–H groups in total. The fourth-order valence-corrected chi connectivity index (χ4v) is 2.78. The van der Waals surface area contributed by atoms with Crippen LogP contribution >= 0.6 is 12.2 Å². The van der Waals surface area contributed by atoms with Crippen molar-refractivity contribution < 1.29 is 8.42 Å². The molecule has 1 aromatic carbocycles. The van der Waals surface area contributed by atoms with E-state index in [9.17, 15) is 8.42 Å². The van der Waals surface area contributed by atoms with E-state index < -0.39 is 10.0 Å². The monoisotopic (exact) mass is 272 g/mol. The molecule has 0 heterocycles. The quantitative estimate of drug-likeness (QED) is 0.777. The molecule has 0 unspecified atom stereocenters. The van der Waals surface area contributed by atoms with Crippen molar-refractivity contribution in [2.24, 2.45) is 5.73 Å². The van der Waals surface area contributed by atoms with Gasteiger partial charge in [0.2, 0.25) is 10.0 Å². The van der Waals surface area contributed by atoms with Crippen LogP contribution in [0.2, 0.25) is 0 Å². The van der Waals surface area contributed by atoms with E-state index in [0.29, 0.717) is 6.42 Å². The lowest BCUT2D eigenvalue weighted by molar-refractivity contribution is 0.505. The number of rotatable bonds is 6. The van der Waals surface area contributed by atoms with Crippen LogP contribution in [0, 0.1) is 0 Å². The zero-order chi connectivity index (χ0) is 12.9. The Morgan fingerprint density at radius 2 is 1.94 bits per heavy atom. The number of aryl methyl sites for hydroxylation is 1. The van der Waals surface area contributed by atoms with Crippen LogP contribution in [0.4, 0.5) is 0 Å². The van der Waals surface area contributed by atoms with Gasteiger partial charge in [-0.3, -0.25) is 0 Å². The summed E-state index contributed by atoms with van der Waals surface area (Å²) in [7, 11) is -1.80. The summed E-state index contributed by atoms with van der Waals surface area (Å²) < 4.78 is 24.9. The van der Waals surface area contributed by atoms with Crippen LogP contribution in [0.1, 0.15) is 5.56 Å². The maximum absolute atomic E-state index is 11.9. The minimum atomic E-state index is -3.29. The average Bonchev–Trinajstić information content (AvgIpc) is 2.27. The van der Waals surface area contributed by atoms with Gasteiger partial charge >= 0.3 is 0 Å². The van der Waals surface area contributed by atoms with Crippen LogP contribution in [0.3, 0.4) is 0 Å². The van der Waals surface area contributed by atoms with Crippen LogP contribution in [0.5, 0.6) is 0 Å². The highest BCUT2D eigenvalue weighted by atomic mass is 32.2. The molecule has 4 nitrogen and oxygen atoms in total. The SMILES string of the molecule is CN(CC(N)=S)S(=O)(=O)CCc1ccccc1. The van der Waals surface area contributed by atoms with Gasteiger partial charge in [-0.1, -0.05) is 42.5 Å². The summed E-state index contributed by atoms with van der Waals surface area (Å²) in [6.45, 7) is 0.0897. The number of hydrogen-bond acceptors (Lipinski definition) is 3. The van der Waals surface area contributed by atoms with Crippen molar-refractivity contribution in [3.63, 3.8) is 0 Å². The molecule has 0 amide bonds. The Bertz CT molecular complexity index is 472. The van der Waals surface area contributed by atoms with Gasteiger partial charge in [-0.2, -0.15) is 4.31 Å². The van der Waals surface area contributed by atoms with Gasteiger partial charge in [-0.05, 0) is 12.0 Å². The molecule has 0 atom stereocenters. The molecule has 0 aliphatic rings. The fraction of sp³-hybridized carbons (Fsp3) is 0.364. The van der Waals surface area contributed by atoms with Crippen LogP contribution in [0.25, 0.3) is 0 Å². The topological polar surface area (TPSA) is 63.4 Å². The first-order valence-electron chi connectivity index (χ1n) is 5.18. The van der Waals surface area contributed by atoms with Crippen molar-refractivity contribution in [3.8, 4) is 0 Å². The molecule has 0 aliphatic heterocycles. The van der Waals surface area contributed by atoms with Gasteiger partial charge in [0.1, 0.15) is 0 Å². The first-order valence-corrected chi connectivity index (χ1v) is 7.20. The van der Waals surface area contributed by atoms with E-state index in [1.54, 1.807) is 0 Å². The van der Waals surface area contributed by atoms with Gasteiger partial charge in [0.05, 0.1) is 17.3 Å². The number of sulfonamides is 1. The summed E-state index contributed by atoms with van der Waals surface area (Å²) in [6.07, 6.45) is 0.491. The van der Waals surface area contributed by atoms with Crippen molar-refractivity contribution in [3.05, 3.63) is 35.9 Å². The zero-order valence-corrected chi connectivity index (χ0v) is 11.3. The van der Waals surface area contributed by atoms with Gasteiger partial charge in [-0.25, -0.2) is 8.42 Å². The van der Waals surface area contributed by atoms with Crippen molar-refractivity contribution in [1.82, 2.24) is 4.31 Å². The molecule has 0 aromatic heterocycles. The zero-order valence-electron chi connectivity index (χ0n) is 9.67. The molecule has 0 saturated carbocycles. The lowest BCUT2D eigenvalue weighted by Crippen LogP contribution is -2.36. The highest BCUT2D eigenvalue weighted by Crippen LogP contribution is 2.05. The lowest BCUT2D eigenvalue weighted by Gasteiger charge is -2.16. The van der Waals surface area contributed by atoms with Crippen molar-refractivity contribution in [2.75, 3.05) is 19.3 Å². The Kier molecular flexibility index (Phi) is 5.04. The molecule has 0 radical (unpaired) electrons. The highest BCUT2D eigenvalue weighted by Gasteiger charge is 2.17. The predicted octanol–water partition coefficient (Wildman–Crippen LogP) is 0.777. The normalized spacial score (nSPS) is 11.6. The van der Waals surface area contributed by atoms with Crippen LogP contribution < -0.4 is 5.73 Å². The number of thiocarbonyl (C=S) groups is 1. The Morgan fingerprint density at radius 3 is 2.47 bits per heavy atom. The largest absolute Gasteiger partial charge is 0.392 e. The van der Waals surface area contributed by atoms with E-state index in [2.05, 4.69) is 12.2 Å². The maximum atomic E-state index is 11.9. The molecule has 0 bridgehead atoms. The third-order valence-corrected chi connectivity index (χ3v) is 4.27. The van der Waals surface area contributed by atoms with Crippen molar-refractivity contribution >= 4 is 27.2 Å². The molecule has 0 fully saturated rings. The standard InChI is InChI=1S/C11H16N2O2S2/c1-13(9-11(12)16)17(14,15)8-7-10-5-3-2-4-6-10/h2-6H,7-9H2,1H3,(H2,12,16). The molecule has 0 spiro atoms. The third kappa shape index (κ3) is 4.80. The number of nitrogens with zero attached hydrogens (tertiary/aromatic N) is 1. The molecule has 6 heteroatoms. The van der Waals surface area contributed by atoms with E-state index >= 15 is 0 Å². The highest BCUT2D eigenvalue weighted by molar-refractivity contribution is 7.89. The van der Waals surface area contributed by atoms with E-state index in [-0.39, 0.29) is 17.3 Å². The van der Waals surface area contributed by atoms with Crippen LogP contribution in [-0.4, -0.2) is 37.1 Å². The molecule has 0 saturated heterocycles. The van der Waals surface area contributed by atoms with Crippen LogP contribution in [0.15, 0.2) is 30.3 Å². The van der Waals surface area contributed by atoms with E-state index in [1.165, 1.54) is 11.4 Å². The minimum absolute atomic E-state index is 0.0656. The number of nitrogens with two attached hydrogens (primary N) is 1. The third-order valence-electron chi connectivity index (χ3n) is 2.34. The molecular formula is C11H16N2O2S2. The summed E-state index contributed by atoms with van der Waals surface area (Å²) >= 11 is 4.69. The summed E-state index contributed by atoms with van der Waals surface area (Å²) in [5, 5.41) is 0. The summed E-state index contributed by atoms with van der Waals surface area (Å²) in [5.41, 5.74) is 6.32. The summed E-state index contributed by atoms with van der Waals surface area (Å²) in [4.78, 5) is 0.177. The molecular weight excluding hydrogens is 256 g/mol. The number of benzene rings is 1. The predicted molar refractivity (Wildman–Crippen MR) is 73.3 cm³/mol. The van der Waals surface area contributed by atoms with Gasteiger partial charge in [-0.15, -0.1) is 0 Å². The van der Waals surface area contributed by atoms with Gasteiger partial charge < -0.3 is 5.73 Å². The van der Waals surface area contributed by atoms with E-state index in [4.69, 9.17) is 5.73 Å². The van der Waals surface area contributed by atoms with E-state index in [0.717, 1.165) is 5.56 Å². The fourth-order valence-electron chi connectivity index (χ4n) is 1.37. The smallest absolute Gasteiger partial charge is 0.214 e. The van der Waals surface area contributed by atoms with Gasteiger partial charge in [0, 0.05) is 7.05 Å². The molecule has 0 aliphatic carbocycles. The Labute approximate surface area is 107 Å². The molecule has 1 aromatic rings. The molecule has 17 heavy (non-hydrogen) atoms. The summed E-state index contributed by atoms with van der Waals surface area (Å²) in [6, 6.07) is 9.49. The first kappa shape index (κ1) is 14.1. The number of likely N-dealkylation sites (N-methyl/N-ethyl adjacent to an activating group) is 1. The van der Waals surface area contributed by atoms with Gasteiger partial charge in [0.25, 0.3) is 0 Å². The lowest BCUT2D eigenvalue weighted by atomic mass is 10.2. The maximum Gasteiger partial charge on any atom is 0.214 e.